The van der Waals surface area contributed by atoms with Crippen LogP contribution in [-0.4, -0.2) is 38.4 Å². The number of rotatable bonds is 2. The number of hydrogen-bond donors (Lipinski definition) is 1. The number of aromatic amines is 1. The van der Waals surface area contributed by atoms with Crippen LogP contribution >= 0.6 is 9.39 Å². The van der Waals surface area contributed by atoms with Crippen molar-refractivity contribution in [3.05, 3.63) is 5.82 Å². The van der Waals surface area contributed by atoms with Crippen LogP contribution in [0.15, 0.2) is 0 Å². The van der Waals surface area contributed by atoms with Crippen molar-refractivity contribution in [2.45, 2.75) is 6.42 Å². The van der Waals surface area contributed by atoms with Crippen LogP contribution in [0.3, 0.4) is 0 Å². The lowest BCUT2D eigenvalue weighted by atomic mass is 10.2. The topological polar surface area (TPSA) is 57.7 Å². The van der Waals surface area contributed by atoms with E-state index in [2.05, 4.69) is 34.7 Å². The van der Waals surface area contributed by atoms with Gasteiger partial charge in [-0.2, -0.15) is 5.21 Å². The molecular weight excluding hydrogens is 185 g/mol. The number of hydrogen-bond acceptors (Lipinski definition) is 4. The monoisotopic (exact) mass is 197 g/mol. The van der Waals surface area contributed by atoms with Crippen molar-refractivity contribution in [3.8, 4) is 0 Å². The number of H-pyrrole nitrogens is 1. The van der Waals surface area contributed by atoms with E-state index in [0.717, 1.165) is 30.0 Å². The van der Waals surface area contributed by atoms with E-state index >= 15 is 0 Å². The highest BCUT2D eigenvalue weighted by Crippen LogP contribution is 2.53. The van der Waals surface area contributed by atoms with Crippen LogP contribution in [0.4, 0.5) is 0 Å². The van der Waals surface area contributed by atoms with Crippen molar-refractivity contribution in [1.82, 2.24) is 25.3 Å². The number of tetrazole rings is 1. The van der Waals surface area contributed by atoms with Gasteiger partial charge in [-0.15, -0.1) is 10.2 Å². The molecule has 0 spiro atoms. The Kier molecular flexibility index (Phi) is 1.64. The molecule has 13 heavy (non-hydrogen) atoms. The van der Waals surface area contributed by atoms with Crippen LogP contribution in [0.1, 0.15) is 5.82 Å². The maximum absolute atomic E-state index is 3.98. The van der Waals surface area contributed by atoms with Gasteiger partial charge in [0.1, 0.15) is 0 Å². The highest BCUT2D eigenvalue weighted by molar-refractivity contribution is 7.13. The molecule has 2 aliphatic rings. The average Bonchev–Trinajstić information content (AvgIpc) is 2.60. The molecule has 1 aliphatic carbocycles. The summed E-state index contributed by atoms with van der Waals surface area (Å²) in [5.41, 5.74) is 0. The maximum Gasteiger partial charge on any atom is 0.174 e. The summed E-state index contributed by atoms with van der Waals surface area (Å²) in [5.74, 6) is 3.45. The summed E-state index contributed by atoms with van der Waals surface area (Å²) in [4.78, 5) is 0. The van der Waals surface area contributed by atoms with E-state index in [1.165, 1.54) is 13.1 Å². The van der Waals surface area contributed by atoms with Crippen molar-refractivity contribution < 1.29 is 0 Å². The van der Waals surface area contributed by atoms with Crippen LogP contribution in [-0.2, 0) is 6.42 Å². The van der Waals surface area contributed by atoms with Crippen LogP contribution in [0, 0.1) is 17.8 Å². The Morgan fingerprint density at radius 3 is 2.85 bits per heavy atom. The molecule has 1 saturated carbocycles. The fraction of sp³-hybridized carbons (Fsp3) is 0.857. The third-order valence-corrected chi connectivity index (χ3v) is 3.63. The molecule has 1 N–H and O–H groups in total. The van der Waals surface area contributed by atoms with Gasteiger partial charge in [0.15, 0.2) is 5.82 Å². The predicted octanol–water partition coefficient (Wildman–Crippen LogP) is -0.290. The van der Waals surface area contributed by atoms with Gasteiger partial charge in [0.05, 0.1) is 0 Å². The van der Waals surface area contributed by atoms with Gasteiger partial charge < -0.3 is 0 Å². The van der Waals surface area contributed by atoms with E-state index in [4.69, 9.17) is 0 Å². The maximum atomic E-state index is 3.98. The quantitative estimate of drug-likeness (QED) is 0.662. The standard InChI is InChI=1S/C7H12N5P/c13-12-2-5-4(6(5)3-12)1-7-8-10-11-9-7/h4-6H,1-3,13H2,(H,8,9,10,11). The molecule has 1 aromatic rings. The molecule has 3 atom stereocenters. The van der Waals surface area contributed by atoms with Crippen LogP contribution in [0.2, 0.25) is 0 Å². The number of nitrogens with zero attached hydrogens (tertiary/aromatic N) is 4. The van der Waals surface area contributed by atoms with Crippen molar-refractivity contribution in [2.75, 3.05) is 13.1 Å². The molecule has 0 aromatic carbocycles. The van der Waals surface area contributed by atoms with E-state index in [0.29, 0.717) is 0 Å². The second-order valence-electron chi connectivity index (χ2n) is 3.98. The highest BCUT2D eigenvalue weighted by Gasteiger charge is 2.54. The molecule has 5 nitrogen and oxygen atoms in total. The highest BCUT2D eigenvalue weighted by atomic mass is 31.0. The minimum atomic E-state index is 0.814. The summed E-state index contributed by atoms with van der Waals surface area (Å²) in [7, 11) is 2.77. The number of aromatic nitrogens is 4. The number of piperidine rings is 1. The van der Waals surface area contributed by atoms with Gasteiger partial charge in [0.2, 0.25) is 0 Å². The fourth-order valence-electron chi connectivity index (χ4n) is 2.46. The predicted molar refractivity (Wildman–Crippen MR) is 49.6 cm³/mol. The van der Waals surface area contributed by atoms with Crippen LogP contribution in [0.25, 0.3) is 0 Å². The van der Waals surface area contributed by atoms with E-state index in [1.54, 1.807) is 0 Å². The smallest absolute Gasteiger partial charge is 0.174 e. The molecule has 1 aromatic heterocycles. The Balaban J connectivity index is 1.61. The molecule has 1 saturated heterocycles. The third kappa shape index (κ3) is 1.27. The Bertz CT molecular complexity index is 288. The first-order valence-electron chi connectivity index (χ1n) is 4.56. The molecule has 0 amide bonds. The normalized spacial score (nSPS) is 37.8. The van der Waals surface area contributed by atoms with Crippen LogP contribution in [0.5, 0.6) is 0 Å². The SMILES string of the molecule is PN1CC2C(Cc3nn[nH]n3)C2C1. The number of fused-ring (bicyclic) bond motifs is 1. The zero-order valence-corrected chi connectivity index (χ0v) is 8.37. The summed E-state index contributed by atoms with van der Waals surface area (Å²) in [5, 5.41) is 14.0. The first-order valence-corrected chi connectivity index (χ1v) is 5.08. The number of nitrogens with one attached hydrogen (secondary N) is 1. The van der Waals surface area contributed by atoms with Gasteiger partial charge in [-0.1, -0.05) is 14.6 Å². The second kappa shape index (κ2) is 2.72. The molecule has 6 heteroatoms. The molecule has 1 aliphatic heterocycles. The van der Waals surface area contributed by atoms with Gasteiger partial charge in [-0.3, -0.25) is 4.67 Å². The van der Waals surface area contributed by atoms with Crippen molar-refractivity contribution in [3.63, 3.8) is 0 Å². The summed E-state index contributed by atoms with van der Waals surface area (Å²) in [6.07, 6.45) is 1.00. The molecular formula is C7H12N5P. The molecule has 3 unspecified atom stereocenters. The summed E-state index contributed by atoms with van der Waals surface area (Å²) in [6.45, 7) is 2.44. The van der Waals surface area contributed by atoms with Gasteiger partial charge >= 0.3 is 0 Å². The van der Waals surface area contributed by atoms with Gasteiger partial charge in [-0.05, 0) is 17.8 Å². The zero-order chi connectivity index (χ0) is 8.84. The lowest BCUT2D eigenvalue weighted by Crippen LogP contribution is -2.13. The van der Waals surface area contributed by atoms with E-state index < -0.39 is 0 Å². The summed E-state index contributed by atoms with van der Waals surface area (Å²) in [6, 6.07) is 0. The van der Waals surface area contributed by atoms with Crippen LogP contribution < -0.4 is 0 Å². The lowest BCUT2D eigenvalue weighted by molar-refractivity contribution is 0.455. The van der Waals surface area contributed by atoms with E-state index in [1.807, 2.05) is 0 Å². The van der Waals surface area contributed by atoms with Crippen molar-refractivity contribution in [1.29, 1.82) is 0 Å². The molecule has 2 heterocycles. The Morgan fingerprint density at radius 1 is 1.46 bits per heavy atom. The third-order valence-electron chi connectivity index (χ3n) is 3.21. The first-order chi connectivity index (χ1) is 6.34. The Morgan fingerprint density at radius 2 is 2.23 bits per heavy atom. The van der Waals surface area contributed by atoms with Gasteiger partial charge in [0, 0.05) is 19.5 Å². The lowest BCUT2D eigenvalue weighted by Gasteiger charge is -2.10. The minimum absolute atomic E-state index is 0.814. The largest absolute Gasteiger partial charge is 0.287 e. The average molecular weight is 197 g/mol. The Hall–Kier alpha value is -0.540. The molecule has 0 radical (unpaired) electrons. The molecule has 3 rings (SSSR count). The van der Waals surface area contributed by atoms with Gasteiger partial charge in [0.25, 0.3) is 0 Å². The van der Waals surface area contributed by atoms with Gasteiger partial charge in [-0.25, -0.2) is 0 Å². The molecule has 0 bridgehead atoms. The van der Waals surface area contributed by atoms with Crippen molar-refractivity contribution in [2.24, 2.45) is 17.8 Å². The Labute approximate surface area is 78.5 Å². The second-order valence-corrected chi connectivity index (χ2v) is 4.71. The minimum Gasteiger partial charge on any atom is -0.287 e. The van der Waals surface area contributed by atoms with E-state index in [9.17, 15) is 0 Å². The molecule has 70 valence electrons. The van der Waals surface area contributed by atoms with Crippen molar-refractivity contribution >= 4 is 9.39 Å². The first kappa shape index (κ1) is 7.83. The van der Waals surface area contributed by atoms with E-state index in [-0.39, 0.29) is 0 Å². The fourth-order valence-corrected chi connectivity index (χ4v) is 2.95. The summed E-state index contributed by atoms with van der Waals surface area (Å²) < 4.78 is 2.32. The summed E-state index contributed by atoms with van der Waals surface area (Å²) >= 11 is 0. The molecule has 2 fully saturated rings. The zero-order valence-electron chi connectivity index (χ0n) is 7.22.